The number of hydrogen-bond acceptors (Lipinski definition) is 2. The normalized spacial score (nSPS) is 10.2. The van der Waals surface area contributed by atoms with Gasteiger partial charge in [0.15, 0.2) is 6.33 Å². The van der Waals surface area contributed by atoms with Gasteiger partial charge >= 0.3 is 0 Å². The lowest BCUT2D eigenvalue weighted by Gasteiger charge is -1.99. The van der Waals surface area contributed by atoms with Crippen molar-refractivity contribution < 1.29 is 0 Å². The molecule has 65 valence electrons. The zero-order valence-corrected chi connectivity index (χ0v) is 7.80. The molecule has 1 radical (unpaired) electrons. The third-order valence-electron chi connectivity index (χ3n) is 1.73. The second kappa shape index (κ2) is 4.86. The molecule has 0 fully saturated rings. The first-order valence-electron chi connectivity index (χ1n) is 4.59. The highest BCUT2D eigenvalue weighted by atomic mass is 14.8. The zero-order valence-electron chi connectivity index (χ0n) is 7.80. The Morgan fingerprint density at radius 1 is 1.08 bits per heavy atom. The van der Waals surface area contributed by atoms with Crippen molar-refractivity contribution in [1.29, 1.82) is 0 Å². The molecule has 0 aliphatic rings. The van der Waals surface area contributed by atoms with Crippen LogP contribution < -0.4 is 0 Å². The van der Waals surface area contributed by atoms with Crippen molar-refractivity contribution in [3.63, 3.8) is 0 Å². The molecule has 1 aromatic heterocycles. The molecule has 0 aliphatic carbocycles. The van der Waals surface area contributed by atoms with E-state index in [0.29, 0.717) is 0 Å². The van der Waals surface area contributed by atoms with Gasteiger partial charge in [-0.3, -0.25) is 0 Å². The van der Waals surface area contributed by atoms with E-state index in [1.54, 1.807) is 0 Å². The number of aromatic nitrogens is 2. The van der Waals surface area contributed by atoms with E-state index in [-0.39, 0.29) is 0 Å². The maximum atomic E-state index is 4.08. The summed E-state index contributed by atoms with van der Waals surface area (Å²) in [6.07, 6.45) is 7.04. The average molecular weight is 163 g/mol. The van der Waals surface area contributed by atoms with E-state index >= 15 is 0 Å². The maximum absolute atomic E-state index is 4.08. The highest BCUT2D eigenvalue weighted by Gasteiger charge is 1.96. The molecule has 0 saturated heterocycles. The molecule has 1 rings (SSSR count). The fraction of sp³-hybridized carbons (Fsp3) is 0.600. The molecular weight excluding hydrogens is 148 g/mol. The SMILES string of the molecule is CCCc1cc(CCC)n[c]n1. The first-order valence-corrected chi connectivity index (χ1v) is 4.59. The summed E-state index contributed by atoms with van der Waals surface area (Å²) in [4.78, 5) is 8.15. The fourth-order valence-electron chi connectivity index (χ4n) is 1.18. The van der Waals surface area contributed by atoms with Crippen molar-refractivity contribution in [2.45, 2.75) is 39.5 Å². The van der Waals surface area contributed by atoms with E-state index in [9.17, 15) is 0 Å². The molecule has 0 aromatic carbocycles. The minimum absolute atomic E-state index is 1.04. The van der Waals surface area contributed by atoms with Crippen LogP contribution >= 0.6 is 0 Å². The molecule has 2 heteroatoms. The van der Waals surface area contributed by atoms with Gasteiger partial charge < -0.3 is 0 Å². The monoisotopic (exact) mass is 163 g/mol. The van der Waals surface area contributed by atoms with Gasteiger partial charge in [-0.2, -0.15) is 0 Å². The summed E-state index contributed by atoms with van der Waals surface area (Å²) in [6.45, 7) is 4.31. The molecule has 0 bridgehead atoms. The predicted octanol–water partition coefficient (Wildman–Crippen LogP) is 2.18. The van der Waals surface area contributed by atoms with E-state index in [2.05, 4.69) is 36.2 Å². The van der Waals surface area contributed by atoms with Gasteiger partial charge in [0.2, 0.25) is 0 Å². The van der Waals surface area contributed by atoms with Crippen molar-refractivity contribution in [3.05, 3.63) is 23.8 Å². The van der Waals surface area contributed by atoms with Crippen LogP contribution in [0.1, 0.15) is 38.1 Å². The Hall–Kier alpha value is -0.920. The largest absolute Gasteiger partial charge is 0.230 e. The van der Waals surface area contributed by atoms with Gasteiger partial charge in [0.1, 0.15) is 0 Å². The summed E-state index contributed by atoms with van der Waals surface area (Å²) in [7, 11) is 0. The van der Waals surface area contributed by atoms with Crippen LogP contribution in [0.2, 0.25) is 0 Å². The van der Waals surface area contributed by atoms with E-state index < -0.39 is 0 Å². The average Bonchev–Trinajstić information content (AvgIpc) is 2.06. The minimum atomic E-state index is 1.04. The standard InChI is InChI=1S/C10H15N2/c1-3-5-9-7-10(6-4-2)12-8-11-9/h7H,3-6H2,1-2H3. The predicted molar refractivity (Wildman–Crippen MR) is 48.9 cm³/mol. The maximum Gasteiger partial charge on any atom is 0.198 e. The molecule has 12 heavy (non-hydrogen) atoms. The molecule has 2 nitrogen and oxygen atoms in total. The quantitative estimate of drug-likeness (QED) is 0.680. The molecular formula is C10H15N2. The molecule has 0 unspecified atom stereocenters. The lowest BCUT2D eigenvalue weighted by molar-refractivity contribution is 0.825. The van der Waals surface area contributed by atoms with E-state index in [4.69, 9.17) is 0 Å². The van der Waals surface area contributed by atoms with Crippen LogP contribution in [0, 0.1) is 6.33 Å². The van der Waals surface area contributed by atoms with Crippen molar-refractivity contribution in [1.82, 2.24) is 9.97 Å². The van der Waals surface area contributed by atoms with Gasteiger partial charge in [0.05, 0.1) is 0 Å². The Morgan fingerprint density at radius 3 is 2.00 bits per heavy atom. The lowest BCUT2D eigenvalue weighted by atomic mass is 10.2. The summed E-state index contributed by atoms with van der Waals surface area (Å²) in [5.41, 5.74) is 2.24. The number of rotatable bonds is 4. The second-order valence-corrected chi connectivity index (χ2v) is 2.95. The van der Waals surface area contributed by atoms with Crippen LogP contribution in [0.4, 0.5) is 0 Å². The molecule has 1 aromatic rings. The van der Waals surface area contributed by atoms with Crippen molar-refractivity contribution in [3.8, 4) is 0 Å². The van der Waals surface area contributed by atoms with Gasteiger partial charge in [0, 0.05) is 11.4 Å². The third-order valence-corrected chi connectivity index (χ3v) is 1.73. The van der Waals surface area contributed by atoms with Gasteiger partial charge in [-0.15, -0.1) is 0 Å². The Balaban J connectivity index is 2.67. The molecule has 0 spiro atoms. The summed E-state index contributed by atoms with van der Waals surface area (Å²) in [5, 5.41) is 0. The highest BCUT2D eigenvalue weighted by Crippen LogP contribution is 2.02. The Labute approximate surface area is 74.1 Å². The smallest absolute Gasteiger partial charge is 0.198 e. The second-order valence-electron chi connectivity index (χ2n) is 2.95. The fourth-order valence-corrected chi connectivity index (χ4v) is 1.18. The summed E-state index contributed by atoms with van der Waals surface area (Å²) in [5.74, 6) is 0. The van der Waals surface area contributed by atoms with Crippen molar-refractivity contribution in [2.75, 3.05) is 0 Å². The highest BCUT2D eigenvalue weighted by molar-refractivity contribution is 5.07. The minimum Gasteiger partial charge on any atom is -0.230 e. The van der Waals surface area contributed by atoms with Crippen LogP contribution in [-0.2, 0) is 12.8 Å². The van der Waals surface area contributed by atoms with Crippen LogP contribution in [-0.4, -0.2) is 9.97 Å². The van der Waals surface area contributed by atoms with Crippen molar-refractivity contribution >= 4 is 0 Å². The van der Waals surface area contributed by atoms with Gasteiger partial charge in [-0.05, 0) is 18.9 Å². The third kappa shape index (κ3) is 2.61. The molecule has 0 aliphatic heterocycles. The Morgan fingerprint density at radius 2 is 1.58 bits per heavy atom. The Kier molecular flexibility index (Phi) is 3.71. The Bertz CT molecular complexity index is 212. The zero-order chi connectivity index (χ0) is 8.81. The van der Waals surface area contributed by atoms with Crippen molar-refractivity contribution in [2.24, 2.45) is 0 Å². The molecule has 0 amide bonds. The number of hydrogen-bond donors (Lipinski definition) is 0. The first-order chi connectivity index (χ1) is 5.86. The number of aryl methyl sites for hydroxylation is 2. The van der Waals surface area contributed by atoms with Crippen LogP contribution in [0.15, 0.2) is 6.07 Å². The molecule has 1 heterocycles. The lowest BCUT2D eigenvalue weighted by Crippen LogP contribution is -1.95. The summed E-state index contributed by atoms with van der Waals surface area (Å²) in [6, 6.07) is 2.09. The van der Waals surface area contributed by atoms with Crippen LogP contribution in [0.3, 0.4) is 0 Å². The molecule has 0 atom stereocenters. The van der Waals surface area contributed by atoms with E-state index in [1.165, 1.54) is 0 Å². The summed E-state index contributed by atoms with van der Waals surface area (Å²) >= 11 is 0. The van der Waals surface area contributed by atoms with E-state index in [1.807, 2.05) is 0 Å². The van der Waals surface area contributed by atoms with Crippen LogP contribution in [0.25, 0.3) is 0 Å². The molecule has 0 saturated carbocycles. The first kappa shape index (κ1) is 9.17. The molecule has 0 N–H and O–H groups in total. The van der Waals surface area contributed by atoms with Crippen LogP contribution in [0.5, 0.6) is 0 Å². The van der Waals surface area contributed by atoms with E-state index in [0.717, 1.165) is 37.1 Å². The number of nitrogens with zero attached hydrogens (tertiary/aromatic N) is 2. The summed E-state index contributed by atoms with van der Waals surface area (Å²) < 4.78 is 0. The van der Waals surface area contributed by atoms with Gasteiger partial charge in [-0.1, -0.05) is 26.7 Å². The van der Waals surface area contributed by atoms with Gasteiger partial charge in [0.25, 0.3) is 0 Å². The topological polar surface area (TPSA) is 25.8 Å². The van der Waals surface area contributed by atoms with Gasteiger partial charge in [-0.25, -0.2) is 9.97 Å².